The van der Waals surface area contributed by atoms with Crippen LogP contribution in [0.3, 0.4) is 0 Å². The summed E-state index contributed by atoms with van der Waals surface area (Å²) in [4.78, 5) is 3.77. The molecule has 2 rings (SSSR count). The zero-order valence-corrected chi connectivity index (χ0v) is 9.03. The predicted octanol–water partition coefficient (Wildman–Crippen LogP) is -0.474. The SMILES string of the molecule is C[NH+]1CCN(c2nsnc2Cl)CC1. The van der Waals surface area contributed by atoms with E-state index in [1.54, 1.807) is 4.90 Å². The van der Waals surface area contributed by atoms with E-state index in [0.717, 1.165) is 32.0 Å². The van der Waals surface area contributed by atoms with E-state index in [1.807, 2.05) is 0 Å². The van der Waals surface area contributed by atoms with Gasteiger partial charge in [0, 0.05) is 0 Å². The maximum Gasteiger partial charge on any atom is 0.187 e. The second-order valence-corrected chi connectivity index (χ2v) is 4.21. The van der Waals surface area contributed by atoms with Crippen molar-refractivity contribution in [3.8, 4) is 0 Å². The van der Waals surface area contributed by atoms with Gasteiger partial charge in [-0.2, -0.15) is 8.75 Å². The summed E-state index contributed by atoms with van der Waals surface area (Å²) >= 11 is 7.08. The van der Waals surface area contributed by atoms with Gasteiger partial charge in [0.1, 0.15) is 0 Å². The molecule has 0 atom stereocenters. The summed E-state index contributed by atoms with van der Waals surface area (Å²) in [7, 11) is 2.21. The molecule has 0 saturated carbocycles. The Balaban J connectivity index is 2.06. The summed E-state index contributed by atoms with van der Waals surface area (Å²) in [5.74, 6) is 0.860. The molecule has 4 nitrogen and oxygen atoms in total. The third-order valence-corrected chi connectivity index (χ3v) is 3.22. The van der Waals surface area contributed by atoms with Gasteiger partial charge >= 0.3 is 0 Å². The zero-order valence-electron chi connectivity index (χ0n) is 7.46. The summed E-state index contributed by atoms with van der Waals surface area (Å²) in [6.45, 7) is 4.34. The number of nitrogens with zero attached hydrogens (tertiary/aromatic N) is 3. The summed E-state index contributed by atoms with van der Waals surface area (Å²) in [6.07, 6.45) is 0. The average molecular weight is 220 g/mol. The van der Waals surface area contributed by atoms with Crippen molar-refractivity contribution in [2.75, 3.05) is 38.1 Å². The molecule has 2 heterocycles. The lowest BCUT2D eigenvalue weighted by Gasteiger charge is -2.29. The van der Waals surface area contributed by atoms with Gasteiger partial charge in [-0.25, -0.2) is 0 Å². The molecule has 1 fully saturated rings. The monoisotopic (exact) mass is 219 g/mol. The van der Waals surface area contributed by atoms with Crippen LogP contribution in [-0.4, -0.2) is 42.0 Å². The summed E-state index contributed by atoms with van der Waals surface area (Å²) in [5.41, 5.74) is 0. The first-order valence-corrected chi connectivity index (χ1v) is 5.42. The molecule has 6 heteroatoms. The molecule has 1 aliphatic heterocycles. The van der Waals surface area contributed by atoms with Crippen molar-refractivity contribution in [3.63, 3.8) is 0 Å². The molecule has 0 amide bonds. The van der Waals surface area contributed by atoms with Crippen molar-refractivity contribution >= 4 is 29.1 Å². The van der Waals surface area contributed by atoms with Crippen LogP contribution in [0.25, 0.3) is 0 Å². The molecule has 0 bridgehead atoms. The number of rotatable bonds is 1. The van der Waals surface area contributed by atoms with Gasteiger partial charge < -0.3 is 9.80 Å². The number of nitrogens with one attached hydrogen (secondary N) is 1. The summed E-state index contributed by atoms with van der Waals surface area (Å²) in [6, 6.07) is 0. The lowest BCUT2D eigenvalue weighted by molar-refractivity contribution is -0.880. The predicted molar refractivity (Wildman–Crippen MR) is 53.8 cm³/mol. The van der Waals surface area contributed by atoms with Crippen LogP contribution in [0.15, 0.2) is 0 Å². The number of piperazine rings is 1. The Labute approximate surface area is 86.4 Å². The molecule has 1 saturated heterocycles. The molecule has 1 aliphatic rings. The lowest BCUT2D eigenvalue weighted by Crippen LogP contribution is -3.12. The Bertz CT molecular complexity index is 282. The molecule has 1 aromatic rings. The molecule has 0 spiro atoms. The highest BCUT2D eigenvalue weighted by atomic mass is 35.5. The van der Waals surface area contributed by atoms with Crippen LogP contribution in [0.5, 0.6) is 0 Å². The second-order valence-electron chi connectivity index (χ2n) is 3.32. The van der Waals surface area contributed by atoms with E-state index in [2.05, 4.69) is 20.7 Å². The molecule has 0 aromatic carbocycles. The third-order valence-electron chi connectivity index (χ3n) is 2.35. The number of quaternary nitrogens is 1. The van der Waals surface area contributed by atoms with Gasteiger partial charge in [-0.05, 0) is 0 Å². The number of likely N-dealkylation sites (N-methyl/N-ethyl adjacent to an activating group) is 1. The van der Waals surface area contributed by atoms with Crippen LogP contribution in [0.4, 0.5) is 5.82 Å². The minimum absolute atomic E-state index is 0.546. The minimum Gasteiger partial charge on any atom is -0.342 e. The maximum absolute atomic E-state index is 5.90. The van der Waals surface area contributed by atoms with Gasteiger partial charge in [-0.3, -0.25) is 0 Å². The van der Waals surface area contributed by atoms with Gasteiger partial charge in [0.05, 0.1) is 45.0 Å². The number of hydrogen-bond donors (Lipinski definition) is 1. The minimum atomic E-state index is 0.546. The van der Waals surface area contributed by atoms with Gasteiger partial charge in [0.25, 0.3) is 0 Å². The summed E-state index contributed by atoms with van der Waals surface area (Å²) in [5, 5.41) is 0.546. The highest BCUT2D eigenvalue weighted by Gasteiger charge is 2.21. The van der Waals surface area contributed by atoms with Crippen molar-refractivity contribution in [3.05, 3.63) is 5.15 Å². The standard InChI is InChI=1S/C7H11ClN4S/c1-11-2-4-12(5-3-11)7-6(8)9-13-10-7/h2-5H2,1H3/p+1. The number of anilines is 1. The molecule has 13 heavy (non-hydrogen) atoms. The van der Waals surface area contributed by atoms with E-state index in [0.29, 0.717) is 5.15 Å². The van der Waals surface area contributed by atoms with E-state index < -0.39 is 0 Å². The third kappa shape index (κ3) is 1.92. The van der Waals surface area contributed by atoms with Crippen LogP contribution in [0.2, 0.25) is 5.15 Å². The van der Waals surface area contributed by atoms with Gasteiger partial charge in [-0.15, -0.1) is 0 Å². The fourth-order valence-electron chi connectivity index (χ4n) is 1.46. The van der Waals surface area contributed by atoms with Crippen molar-refractivity contribution < 1.29 is 4.90 Å². The highest BCUT2D eigenvalue weighted by molar-refractivity contribution is 6.99. The smallest absolute Gasteiger partial charge is 0.187 e. The van der Waals surface area contributed by atoms with Gasteiger partial charge in [0.15, 0.2) is 11.0 Å². The second kappa shape index (κ2) is 3.77. The van der Waals surface area contributed by atoms with E-state index >= 15 is 0 Å². The van der Waals surface area contributed by atoms with E-state index in [1.165, 1.54) is 11.7 Å². The zero-order chi connectivity index (χ0) is 9.26. The molecular weight excluding hydrogens is 208 g/mol. The van der Waals surface area contributed by atoms with Crippen LogP contribution in [0.1, 0.15) is 0 Å². The fraction of sp³-hybridized carbons (Fsp3) is 0.714. The van der Waals surface area contributed by atoms with Crippen molar-refractivity contribution in [1.82, 2.24) is 8.75 Å². The number of aromatic nitrogens is 2. The molecule has 0 unspecified atom stereocenters. The lowest BCUT2D eigenvalue weighted by atomic mass is 10.3. The van der Waals surface area contributed by atoms with Crippen LogP contribution in [0, 0.1) is 0 Å². The van der Waals surface area contributed by atoms with E-state index in [4.69, 9.17) is 11.6 Å². The van der Waals surface area contributed by atoms with Crippen LogP contribution >= 0.6 is 23.3 Å². The molecule has 0 radical (unpaired) electrons. The quantitative estimate of drug-likeness (QED) is 0.693. The number of hydrogen-bond acceptors (Lipinski definition) is 4. The topological polar surface area (TPSA) is 33.5 Å². The Morgan fingerprint density at radius 2 is 2.08 bits per heavy atom. The molecule has 72 valence electrons. The number of halogens is 1. The summed E-state index contributed by atoms with van der Waals surface area (Å²) < 4.78 is 8.14. The molecule has 0 aliphatic carbocycles. The first-order valence-electron chi connectivity index (χ1n) is 4.31. The average Bonchev–Trinajstić information content (AvgIpc) is 2.53. The Morgan fingerprint density at radius 1 is 1.38 bits per heavy atom. The highest BCUT2D eigenvalue weighted by Crippen LogP contribution is 2.22. The first kappa shape index (κ1) is 9.18. The Hall–Kier alpha value is -0.390. The molecular formula is C7H12ClN4S+. The molecule has 1 N–H and O–H groups in total. The van der Waals surface area contributed by atoms with Gasteiger partial charge in [0.2, 0.25) is 0 Å². The Kier molecular flexibility index (Phi) is 2.66. The van der Waals surface area contributed by atoms with Crippen molar-refractivity contribution in [2.24, 2.45) is 0 Å². The van der Waals surface area contributed by atoms with Crippen LogP contribution < -0.4 is 9.80 Å². The van der Waals surface area contributed by atoms with Crippen molar-refractivity contribution in [2.45, 2.75) is 0 Å². The maximum atomic E-state index is 5.90. The normalized spacial score (nSPS) is 19.4. The first-order chi connectivity index (χ1) is 6.27. The van der Waals surface area contributed by atoms with Crippen molar-refractivity contribution in [1.29, 1.82) is 0 Å². The fourth-order valence-corrected chi connectivity index (χ4v) is 2.24. The molecule has 1 aromatic heterocycles. The van der Waals surface area contributed by atoms with E-state index in [-0.39, 0.29) is 0 Å². The Morgan fingerprint density at radius 3 is 2.62 bits per heavy atom. The largest absolute Gasteiger partial charge is 0.342 e. The van der Waals surface area contributed by atoms with Crippen LogP contribution in [-0.2, 0) is 0 Å². The van der Waals surface area contributed by atoms with Gasteiger partial charge in [-0.1, -0.05) is 11.6 Å². The van der Waals surface area contributed by atoms with E-state index in [9.17, 15) is 0 Å².